The zero-order valence-electron chi connectivity index (χ0n) is 16.8. The lowest BCUT2D eigenvalue weighted by Crippen LogP contribution is -2.60. The van der Waals surface area contributed by atoms with Crippen molar-refractivity contribution in [2.75, 3.05) is 13.1 Å². The number of fused-ring (bicyclic) bond motifs is 4. The Bertz CT molecular complexity index is 970. The van der Waals surface area contributed by atoms with Crippen molar-refractivity contribution in [2.45, 2.75) is 51.7 Å². The van der Waals surface area contributed by atoms with Crippen LogP contribution < -0.4 is 5.46 Å². The van der Waals surface area contributed by atoms with Gasteiger partial charge in [0.2, 0.25) is 0 Å². The van der Waals surface area contributed by atoms with Crippen LogP contribution in [0, 0.1) is 11.3 Å². The highest BCUT2D eigenvalue weighted by molar-refractivity contribution is 6.62. The van der Waals surface area contributed by atoms with Crippen LogP contribution in [0.1, 0.15) is 46.1 Å². The minimum absolute atomic E-state index is 0.00979. The van der Waals surface area contributed by atoms with Crippen LogP contribution in [0.25, 0.3) is 11.0 Å². The molecule has 7 nitrogen and oxygen atoms in total. The summed E-state index contributed by atoms with van der Waals surface area (Å²) in [5.41, 5.74) is 1.59. The first kappa shape index (κ1) is 18.0. The number of H-pyrrole nitrogens is 1. The van der Waals surface area contributed by atoms with Crippen LogP contribution in [0.2, 0.25) is 0 Å². The summed E-state index contributed by atoms with van der Waals surface area (Å²) in [6.07, 6.45) is 5.05. The number of nitrogens with zero attached hydrogens (tertiary/aromatic N) is 2. The maximum atomic E-state index is 12.5. The maximum Gasteiger partial charge on any atom is 0.493 e. The van der Waals surface area contributed by atoms with Crippen molar-refractivity contribution < 1.29 is 19.2 Å². The Kier molecular flexibility index (Phi) is 3.54. The van der Waals surface area contributed by atoms with Gasteiger partial charge in [-0.25, -0.2) is 9.78 Å². The third kappa shape index (κ3) is 2.31. The van der Waals surface area contributed by atoms with Crippen molar-refractivity contribution in [3.8, 4) is 0 Å². The molecule has 0 radical (unpaired) electrons. The van der Waals surface area contributed by atoms with Crippen LogP contribution in [0.15, 0.2) is 18.5 Å². The molecule has 0 bridgehead atoms. The summed E-state index contributed by atoms with van der Waals surface area (Å²) in [6.45, 7) is 9.21. The van der Waals surface area contributed by atoms with Gasteiger partial charge in [-0.2, -0.15) is 0 Å². The third-order valence-electron chi connectivity index (χ3n) is 6.90. The van der Waals surface area contributed by atoms with E-state index in [4.69, 9.17) is 9.39 Å². The monoisotopic (exact) mass is 383 g/mol. The number of aromatic nitrogens is 2. The van der Waals surface area contributed by atoms with E-state index in [2.05, 4.69) is 16.9 Å². The Hall–Kier alpha value is -2.06. The molecule has 1 amide bonds. The Morgan fingerprint density at radius 3 is 3.00 bits per heavy atom. The van der Waals surface area contributed by atoms with E-state index in [1.54, 1.807) is 6.20 Å². The van der Waals surface area contributed by atoms with E-state index in [0.29, 0.717) is 13.1 Å². The largest absolute Gasteiger partial charge is 0.493 e. The van der Waals surface area contributed by atoms with Gasteiger partial charge in [0.1, 0.15) is 11.2 Å². The van der Waals surface area contributed by atoms with E-state index < -0.39 is 18.3 Å². The molecular formula is C20H26BN3O4. The lowest BCUT2D eigenvalue weighted by molar-refractivity contribution is -0.171. The molecule has 1 aliphatic carbocycles. The summed E-state index contributed by atoms with van der Waals surface area (Å²) in [7, 11) is -0.954. The van der Waals surface area contributed by atoms with Gasteiger partial charge in [-0.1, -0.05) is 6.92 Å². The standard InChI is InChI=1S/C20H26BN3O4/c1-12-19(6-8-24(11-19)17(25)27-18(2,3)4)10-20(12)15-13-5-7-22-16(13)23-9-14(15)21(26)28-20/h5,7,9,12,26H,6,8,10-11H2,1-4H3,(H,22,23). The Morgan fingerprint density at radius 1 is 1.50 bits per heavy atom. The highest BCUT2D eigenvalue weighted by Gasteiger charge is 2.68. The number of aromatic amines is 1. The molecule has 2 aromatic heterocycles. The van der Waals surface area contributed by atoms with Crippen LogP contribution >= 0.6 is 0 Å². The predicted molar refractivity (Wildman–Crippen MR) is 105 cm³/mol. The van der Waals surface area contributed by atoms with E-state index >= 15 is 0 Å². The SMILES string of the molecule is CC1C2(CCN(C(=O)OC(C)(C)C)C2)CC12OB(O)c1cnc3[nH]ccc3c12. The number of carbonyl (C=O) groups excluding carboxylic acids is 1. The van der Waals surface area contributed by atoms with Crippen molar-refractivity contribution in [3.05, 3.63) is 24.0 Å². The molecule has 8 heteroatoms. The summed E-state index contributed by atoms with van der Waals surface area (Å²) in [4.78, 5) is 21.9. The summed E-state index contributed by atoms with van der Waals surface area (Å²) in [6, 6.07) is 2.00. The molecule has 28 heavy (non-hydrogen) atoms. The molecule has 2 fully saturated rings. The number of pyridine rings is 1. The van der Waals surface area contributed by atoms with Gasteiger partial charge in [0.15, 0.2) is 0 Å². The van der Waals surface area contributed by atoms with Crippen LogP contribution in [-0.2, 0) is 15.0 Å². The van der Waals surface area contributed by atoms with Gasteiger partial charge >= 0.3 is 13.2 Å². The molecule has 2 aliphatic heterocycles. The number of carbonyl (C=O) groups is 1. The molecule has 4 heterocycles. The molecule has 2 spiro atoms. The van der Waals surface area contributed by atoms with Gasteiger partial charge in [-0.3, -0.25) is 0 Å². The van der Waals surface area contributed by atoms with Crippen molar-refractivity contribution in [1.82, 2.24) is 14.9 Å². The van der Waals surface area contributed by atoms with E-state index in [1.165, 1.54) is 0 Å². The Morgan fingerprint density at radius 2 is 2.29 bits per heavy atom. The second kappa shape index (κ2) is 5.51. The summed E-state index contributed by atoms with van der Waals surface area (Å²) in [5, 5.41) is 11.6. The zero-order valence-corrected chi connectivity index (χ0v) is 16.8. The first-order valence-electron chi connectivity index (χ1n) is 9.96. The molecule has 3 aliphatic rings. The number of likely N-dealkylation sites (tertiary alicyclic amines) is 1. The molecule has 2 aromatic rings. The number of ether oxygens (including phenoxy) is 1. The van der Waals surface area contributed by atoms with Crippen LogP contribution in [0.5, 0.6) is 0 Å². The molecule has 5 rings (SSSR count). The minimum Gasteiger partial charge on any atom is -0.444 e. The van der Waals surface area contributed by atoms with Crippen molar-refractivity contribution >= 4 is 29.7 Å². The van der Waals surface area contributed by atoms with E-state index in [-0.39, 0.29) is 17.4 Å². The van der Waals surface area contributed by atoms with Gasteiger partial charge < -0.3 is 24.3 Å². The number of nitrogens with one attached hydrogen (secondary N) is 1. The molecule has 0 aromatic carbocycles. The van der Waals surface area contributed by atoms with Crippen LogP contribution in [0.3, 0.4) is 0 Å². The number of hydrogen-bond acceptors (Lipinski definition) is 5. The smallest absolute Gasteiger partial charge is 0.444 e. The summed E-state index contributed by atoms with van der Waals surface area (Å²) < 4.78 is 11.7. The fourth-order valence-corrected chi connectivity index (χ4v) is 5.52. The highest BCUT2D eigenvalue weighted by atomic mass is 16.6. The topological polar surface area (TPSA) is 87.7 Å². The van der Waals surface area contributed by atoms with Crippen molar-refractivity contribution in [3.63, 3.8) is 0 Å². The van der Waals surface area contributed by atoms with Gasteiger partial charge in [-0.15, -0.1) is 0 Å². The van der Waals surface area contributed by atoms with Gasteiger partial charge in [-0.05, 0) is 56.6 Å². The summed E-state index contributed by atoms with van der Waals surface area (Å²) in [5.74, 6) is 0.170. The van der Waals surface area contributed by atoms with Gasteiger partial charge in [0.25, 0.3) is 0 Å². The zero-order chi connectivity index (χ0) is 19.9. The van der Waals surface area contributed by atoms with Crippen LogP contribution in [0.4, 0.5) is 4.79 Å². The molecule has 1 saturated heterocycles. The molecule has 3 atom stereocenters. The highest BCUT2D eigenvalue weighted by Crippen LogP contribution is 2.66. The minimum atomic E-state index is -0.954. The molecule has 148 valence electrons. The third-order valence-corrected chi connectivity index (χ3v) is 6.90. The number of amides is 1. The second-order valence-corrected chi connectivity index (χ2v) is 9.60. The quantitative estimate of drug-likeness (QED) is 0.681. The Labute approximate surface area is 164 Å². The Balaban J connectivity index is 1.44. The van der Waals surface area contributed by atoms with E-state index in [0.717, 1.165) is 34.9 Å². The fourth-order valence-electron chi connectivity index (χ4n) is 5.52. The number of rotatable bonds is 0. The normalized spacial score (nSPS) is 31.7. The predicted octanol–water partition coefficient (Wildman–Crippen LogP) is 2.14. The first-order valence-corrected chi connectivity index (χ1v) is 9.96. The van der Waals surface area contributed by atoms with Crippen molar-refractivity contribution in [2.24, 2.45) is 11.3 Å². The first-order chi connectivity index (χ1) is 13.2. The lowest BCUT2D eigenvalue weighted by Gasteiger charge is -2.59. The maximum absolute atomic E-state index is 12.5. The van der Waals surface area contributed by atoms with Gasteiger partial charge in [0.05, 0.1) is 5.60 Å². The van der Waals surface area contributed by atoms with Crippen LogP contribution in [-0.4, -0.2) is 51.8 Å². The molecule has 1 saturated carbocycles. The molecule has 2 N–H and O–H groups in total. The average molecular weight is 383 g/mol. The fraction of sp³-hybridized carbons (Fsp3) is 0.600. The average Bonchev–Trinajstić information content (AvgIpc) is 3.31. The number of hydrogen-bond donors (Lipinski definition) is 2. The van der Waals surface area contributed by atoms with E-state index in [9.17, 15) is 9.82 Å². The molecular weight excluding hydrogens is 357 g/mol. The molecule has 3 unspecified atom stereocenters. The summed E-state index contributed by atoms with van der Waals surface area (Å²) >= 11 is 0. The lowest BCUT2D eigenvalue weighted by atomic mass is 9.49. The second-order valence-electron chi connectivity index (χ2n) is 9.60. The van der Waals surface area contributed by atoms with Gasteiger partial charge in [0, 0.05) is 36.3 Å². The van der Waals surface area contributed by atoms with E-state index in [1.807, 2.05) is 37.9 Å². The van der Waals surface area contributed by atoms with Crippen molar-refractivity contribution in [1.29, 1.82) is 0 Å².